The van der Waals surface area contributed by atoms with Crippen LogP contribution in [0.3, 0.4) is 0 Å². The zero-order valence-electron chi connectivity index (χ0n) is 11.7. The molecule has 1 aromatic rings. The molecule has 3 atom stereocenters. The van der Waals surface area contributed by atoms with Crippen LogP contribution in [0.2, 0.25) is 0 Å². The lowest BCUT2D eigenvalue weighted by Crippen LogP contribution is -2.44. The highest BCUT2D eigenvalue weighted by Crippen LogP contribution is 2.26. The Bertz CT molecular complexity index is 384. The van der Waals surface area contributed by atoms with E-state index in [1.54, 1.807) is 0 Å². The molecule has 0 amide bonds. The molecule has 1 fully saturated rings. The van der Waals surface area contributed by atoms with Crippen molar-refractivity contribution in [1.82, 2.24) is 5.32 Å². The Balaban J connectivity index is 1.92. The fourth-order valence-electron chi connectivity index (χ4n) is 2.76. The van der Waals surface area contributed by atoms with Crippen molar-refractivity contribution in [2.24, 2.45) is 5.92 Å². The Kier molecular flexibility index (Phi) is 4.13. The van der Waals surface area contributed by atoms with E-state index in [0.29, 0.717) is 24.3 Å². The molecule has 0 radical (unpaired) electrons. The van der Waals surface area contributed by atoms with Crippen molar-refractivity contribution >= 4 is 0 Å². The van der Waals surface area contributed by atoms with Crippen molar-refractivity contribution < 1.29 is 9.52 Å². The smallest absolute Gasteiger partial charge is 0.136 e. The van der Waals surface area contributed by atoms with Gasteiger partial charge in [0.05, 0.1) is 0 Å². The second-order valence-electron chi connectivity index (χ2n) is 5.93. The molecular weight excluding hydrogens is 226 g/mol. The van der Waals surface area contributed by atoms with E-state index in [4.69, 9.17) is 4.42 Å². The lowest BCUT2D eigenvalue weighted by molar-refractivity contribution is 0.0274. The number of hydrogen-bond acceptors (Lipinski definition) is 3. The van der Waals surface area contributed by atoms with E-state index in [-0.39, 0.29) is 0 Å². The van der Waals surface area contributed by atoms with Crippen LogP contribution in [-0.4, -0.2) is 17.7 Å². The van der Waals surface area contributed by atoms with Gasteiger partial charge in [-0.05, 0) is 44.7 Å². The average molecular weight is 251 g/mol. The molecule has 0 aliphatic heterocycles. The van der Waals surface area contributed by atoms with E-state index < -0.39 is 5.60 Å². The summed E-state index contributed by atoms with van der Waals surface area (Å²) in [5.74, 6) is 2.19. The Morgan fingerprint density at radius 1 is 1.39 bits per heavy atom. The van der Waals surface area contributed by atoms with Gasteiger partial charge in [0.25, 0.3) is 0 Å². The van der Waals surface area contributed by atoms with E-state index in [2.05, 4.69) is 12.2 Å². The second-order valence-corrected chi connectivity index (χ2v) is 5.93. The molecule has 1 saturated carbocycles. The molecule has 1 aromatic heterocycles. The first-order chi connectivity index (χ1) is 8.49. The molecule has 1 heterocycles. The fraction of sp³-hybridized carbons (Fsp3) is 0.733. The van der Waals surface area contributed by atoms with Gasteiger partial charge in [-0.3, -0.25) is 0 Å². The quantitative estimate of drug-likeness (QED) is 0.864. The normalized spacial score (nSPS) is 28.0. The van der Waals surface area contributed by atoms with Gasteiger partial charge in [0.1, 0.15) is 17.1 Å². The lowest BCUT2D eigenvalue weighted by atomic mass is 9.85. The molecule has 0 aromatic carbocycles. The Hall–Kier alpha value is -0.800. The summed E-state index contributed by atoms with van der Waals surface area (Å²) in [6.45, 7) is 6.56. The molecule has 3 heteroatoms. The van der Waals surface area contributed by atoms with Crippen LogP contribution in [-0.2, 0) is 5.60 Å². The van der Waals surface area contributed by atoms with Crippen molar-refractivity contribution in [1.29, 1.82) is 0 Å². The van der Waals surface area contributed by atoms with Crippen molar-refractivity contribution in [3.63, 3.8) is 0 Å². The SMILES string of the molecule is Cc1ccc(C(C)(O)CNC2CCCCC2C)o1. The van der Waals surface area contributed by atoms with Crippen molar-refractivity contribution in [3.8, 4) is 0 Å². The zero-order valence-corrected chi connectivity index (χ0v) is 11.7. The molecule has 0 bridgehead atoms. The minimum Gasteiger partial charge on any atom is -0.463 e. The summed E-state index contributed by atoms with van der Waals surface area (Å²) >= 11 is 0. The fourth-order valence-corrected chi connectivity index (χ4v) is 2.76. The van der Waals surface area contributed by atoms with Gasteiger partial charge in [0, 0.05) is 12.6 Å². The number of rotatable bonds is 4. The zero-order chi connectivity index (χ0) is 13.2. The first-order valence-corrected chi connectivity index (χ1v) is 7.02. The molecule has 0 spiro atoms. The van der Waals surface area contributed by atoms with Crippen LogP contribution in [0.1, 0.15) is 51.1 Å². The third-order valence-electron chi connectivity index (χ3n) is 4.09. The second kappa shape index (κ2) is 5.45. The molecule has 0 saturated heterocycles. The maximum atomic E-state index is 10.5. The molecule has 102 valence electrons. The predicted molar refractivity (Wildman–Crippen MR) is 72.4 cm³/mol. The van der Waals surface area contributed by atoms with Crippen molar-refractivity contribution in [2.45, 2.75) is 58.1 Å². The van der Waals surface area contributed by atoms with E-state index >= 15 is 0 Å². The first kappa shape index (κ1) is 13.6. The van der Waals surface area contributed by atoms with Crippen LogP contribution < -0.4 is 5.32 Å². The van der Waals surface area contributed by atoms with Crippen LogP contribution in [0.4, 0.5) is 0 Å². The molecule has 3 unspecified atom stereocenters. The van der Waals surface area contributed by atoms with Gasteiger partial charge in [-0.2, -0.15) is 0 Å². The highest BCUT2D eigenvalue weighted by molar-refractivity contribution is 5.13. The van der Waals surface area contributed by atoms with Crippen molar-refractivity contribution in [2.75, 3.05) is 6.54 Å². The first-order valence-electron chi connectivity index (χ1n) is 7.02. The Labute approximate surface area is 110 Å². The Morgan fingerprint density at radius 3 is 2.72 bits per heavy atom. The number of furan rings is 1. The number of aryl methyl sites for hydroxylation is 1. The van der Waals surface area contributed by atoms with E-state index in [0.717, 1.165) is 5.76 Å². The largest absolute Gasteiger partial charge is 0.463 e. The highest BCUT2D eigenvalue weighted by Gasteiger charge is 2.29. The van der Waals surface area contributed by atoms with Crippen LogP contribution >= 0.6 is 0 Å². The summed E-state index contributed by atoms with van der Waals surface area (Å²) in [5.41, 5.74) is -0.925. The monoisotopic (exact) mass is 251 g/mol. The highest BCUT2D eigenvalue weighted by atomic mass is 16.4. The molecule has 1 aliphatic rings. The van der Waals surface area contributed by atoms with E-state index in [1.165, 1.54) is 25.7 Å². The lowest BCUT2D eigenvalue weighted by Gasteiger charge is -2.32. The number of hydrogen-bond donors (Lipinski definition) is 2. The number of aliphatic hydroxyl groups is 1. The van der Waals surface area contributed by atoms with Gasteiger partial charge in [-0.25, -0.2) is 0 Å². The predicted octanol–water partition coefficient (Wildman–Crippen LogP) is 2.96. The van der Waals surface area contributed by atoms with Gasteiger partial charge in [-0.1, -0.05) is 19.8 Å². The molecule has 3 nitrogen and oxygen atoms in total. The average Bonchev–Trinajstić information content (AvgIpc) is 2.76. The third kappa shape index (κ3) is 3.15. The summed E-state index contributed by atoms with van der Waals surface area (Å²) < 4.78 is 5.53. The van der Waals surface area contributed by atoms with Gasteiger partial charge in [0.2, 0.25) is 0 Å². The van der Waals surface area contributed by atoms with Crippen molar-refractivity contribution in [3.05, 3.63) is 23.7 Å². The van der Waals surface area contributed by atoms with Crippen LogP contribution in [0, 0.1) is 12.8 Å². The number of nitrogens with one attached hydrogen (secondary N) is 1. The van der Waals surface area contributed by atoms with Crippen LogP contribution in [0.5, 0.6) is 0 Å². The van der Waals surface area contributed by atoms with Crippen LogP contribution in [0.25, 0.3) is 0 Å². The minimum atomic E-state index is -0.925. The maximum Gasteiger partial charge on any atom is 0.136 e. The van der Waals surface area contributed by atoms with Gasteiger partial charge in [0.15, 0.2) is 0 Å². The molecule has 2 rings (SSSR count). The van der Waals surface area contributed by atoms with Crippen LogP contribution in [0.15, 0.2) is 16.5 Å². The van der Waals surface area contributed by atoms with E-state index in [9.17, 15) is 5.11 Å². The maximum absolute atomic E-state index is 10.5. The summed E-state index contributed by atoms with van der Waals surface area (Å²) in [4.78, 5) is 0. The Morgan fingerprint density at radius 2 is 2.11 bits per heavy atom. The standard InChI is InChI=1S/C15H25NO2/c1-11-6-4-5-7-13(11)16-10-15(3,17)14-9-8-12(2)18-14/h8-9,11,13,16-17H,4-7,10H2,1-3H3. The van der Waals surface area contributed by atoms with Gasteiger partial charge < -0.3 is 14.8 Å². The molecule has 2 N–H and O–H groups in total. The van der Waals surface area contributed by atoms with Gasteiger partial charge >= 0.3 is 0 Å². The molecule has 1 aliphatic carbocycles. The third-order valence-corrected chi connectivity index (χ3v) is 4.09. The molecular formula is C15H25NO2. The topological polar surface area (TPSA) is 45.4 Å². The molecule has 18 heavy (non-hydrogen) atoms. The summed E-state index contributed by atoms with van der Waals surface area (Å²) in [6, 6.07) is 4.29. The summed E-state index contributed by atoms with van der Waals surface area (Å²) in [6.07, 6.45) is 5.14. The van der Waals surface area contributed by atoms with E-state index in [1.807, 2.05) is 26.0 Å². The van der Waals surface area contributed by atoms with Gasteiger partial charge in [-0.15, -0.1) is 0 Å². The summed E-state index contributed by atoms with van der Waals surface area (Å²) in [7, 11) is 0. The minimum absolute atomic E-state index is 0.529. The summed E-state index contributed by atoms with van der Waals surface area (Å²) in [5, 5.41) is 14.0.